The standard InChI is InChI=1S/C22H23N6O7P/c1-12(14-4-2-13(8-23)3-5-14)25-20-15-6-7-28(21(15)27-17(9-24)26-20)22-19(30)18(29)16(35-22)10-34-11-36(31,32)33/h2-7,12,16,18-19,22,29-30H,10-11H2,1H3,(H,25,26,27)(H2,31,32,33)/t12-,16+,18+,19+,22+/m0/s1. The van der Waals surface area contributed by atoms with E-state index >= 15 is 0 Å². The fourth-order valence-corrected chi connectivity index (χ4v) is 4.26. The molecule has 0 radical (unpaired) electrons. The third-order valence-corrected chi connectivity index (χ3v) is 6.24. The lowest BCUT2D eigenvalue weighted by molar-refractivity contribution is -0.0610. The Bertz CT molecular complexity index is 1380. The van der Waals surface area contributed by atoms with E-state index in [4.69, 9.17) is 24.5 Å². The highest BCUT2D eigenvalue weighted by atomic mass is 31.2. The average Bonchev–Trinajstić information content (AvgIpc) is 3.39. The van der Waals surface area contributed by atoms with E-state index in [1.54, 1.807) is 24.4 Å². The Balaban J connectivity index is 1.60. The molecule has 0 saturated carbocycles. The molecule has 3 aromatic rings. The van der Waals surface area contributed by atoms with Crippen LogP contribution in [0.3, 0.4) is 0 Å². The molecular formula is C22H23N6O7P. The van der Waals surface area contributed by atoms with Crippen molar-refractivity contribution in [2.24, 2.45) is 0 Å². The minimum atomic E-state index is -4.40. The zero-order chi connectivity index (χ0) is 26.0. The van der Waals surface area contributed by atoms with Gasteiger partial charge in [0, 0.05) is 12.2 Å². The Morgan fingerprint density at radius 3 is 2.53 bits per heavy atom. The van der Waals surface area contributed by atoms with Crippen LogP contribution in [0.25, 0.3) is 11.0 Å². The van der Waals surface area contributed by atoms with Crippen molar-refractivity contribution in [3.63, 3.8) is 0 Å². The SMILES string of the molecule is C[C@H](Nc1nc(C#N)nc2c1ccn2[C@@H]1O[C@H](COCP(=O)(O)O)[C@@H](O)[C@H]1O)c1ccc(C#N)cc1. The molecule has 1 aliphatic rings. The van der Waals surface area contributed by atoms with Crippen LogP contribution in [0.15, 0.2) is 36.5 Å². The van der Waals surface area contributed by atoms with Gasteiger partial charge in [0.25, 0.3) is 0 Å². The van der Waals surface area contributed by atoms with Gasteiger partial charge in [-0.25, -0.2) is 9.97 Å². The van der Waals surface area contributed by atoms with Crippen LogP contribution in [0.4, 0.5) is 5.82 Å². The molecule has 0 aliphatic carbocycles. The van der Waals surface area contributed by atoms with Gasteiger partial charge in [-0.15, -0.1) is 0 Å². The zero-order valence-electron chi connectivity index (χ0n) is 19.0. The quantitative estimate of drug-likeness (QED) is 0.268. The lowest BCUT2D eigenvalue weighted by Gasteiger charge is -2.19. The summed E-state index contributed by atoms with van der Waals surface area (Å²) < 4.78 is 23.1. The van der Waals surface area contributed by atoms with Crippen LogP contribution in [0.2, 0.25) is 0 Å². The third kappa shape index (κ3) is 5.38. The molecule has 0 spiro atoms. The maximum atomic E-state index is 11.0. The summed E-state index contributed by atoms with van der Waals surface area (Å²) in [6, 6.07) is 12.4. The molecule has 5 N–H and O–H groups in total. The summed E-state index contributed by atoms with van der Waals surface area (Å²) >= 11 is 0. The second-order valence-electron chi connectivity index (χ2n) is 8.28. The number of hydrogen-bond donors (Lipinski definition) is 5. The minimum absolute atomic E-state index is 0.133. The fraction of sp³-hybridized carbons (Fsp3) is 0.364. The number of nitrogens with one attached hydrogen (secondary N) is 1. The molecule has 0 bridgehead atoms. The van der Waals surface area contributed by atoms with Crippen molar-refractivity contribution in [1.82, 2.24) is 14.5 Å². The van der Waals surface area contributed by atoms with Crippen LogP contribution in [0.1, 0.15) is 36.1 Å². The van der Waals surface area contributed by atoms with Crippen molar-refractivity contribution in [3.8, 4) is 12.1 Å². The van der Waals surface area contributed by atoms with Gasteiger partial charge in [0.1, 0.15) is 42.2 Å². The lowest BCUT2D eigenvalue weighted by Crippen LogP contribution is -2.33. The molecule has 2 aromatic heterocycles. The molecule has 1 saturated heterocycles. The van der Waals surface area contributed by atoms with E-state index in [9.17, 15) is 20.0 Å². The fourth-order valence-electron chi connectivity index (χ4n) is 3.92. The Hall–Kier alpha value is -3.39. The van der Waals surface area contributed by atoms with Gasteiger partial charge < -0.3 is 39.4 Å². The smallest absolute Gasteiger partial charge is 0.350 e. The molecule has 36 heavy (non-hydrogen) atoms. The van der Waals surface area contributed by atoms with Crippen molar-refractivity contribution in [1.29, 1.82) is 10.5 Å². The van der Waals surface area contributed by atoms with E-state index < -0.39 is 38.5 Å². The normalized spacial score (nSPS) is 22.8. The number of nitriles is 2. The first-order chi connectivity index (χ1) is 17.1. The molecule has 3 heterocycles. The van der Waals surface area contributed by atoms with E-state index in [-0.39, 0.29) is 24.1 Å². The molecule has 0 amide bonds. The number of aliphatic hydroxyl groups excluding tert-OH is 2. The summed E-state index contributed by atoms with van der Waals surface area (Å²) in [5.41, 5.74) is 1.68. The number of anilines is 1. The minimum Gasteiger partial charge on any atom is -0.387 e. The highest BCUT2D eigenvalue weighted by molar-refractivity contribution is 7.51. The van der Waals surface area contributed by atoms with E-state index in [2.05, 4.69) is 21.4 Å². The van der Waals surface area contributed by atoms with Crippen molar-refractivity contribution >= 4 is 24.4 Å². The first kappa shape index (κ1) is 25.7. The predicted octanol–water partition coefficient (Wildman–Crippen LogP) is 1.12. The first-order valence-electron chi connectivity index (χ1n) is 10.8. The molecule has 1 aromatic carbocycles. The van der Waals surface area contributed by atoms with E-state index in [1.165, 1.54) is 4.57 Å². The number of ether oxygens (including phenoxy) is 2. The first-order valence-corrected chi connectivity index (χ1v) is 12.6. The molecular weight excluding hydrogens is 491 g/mol. The van der Waals surface area contributed by atoms with Crippen molar-refractivity contribution in [2.45, 2.75) is 37.5 Å². The van der Waals surface area contributed by atoms with Gasteiger partial charge in [0.2, 0.25) is 5.82 Å². The highest BCUT2D eigenvalue weighted by Gasteiger charge is 2.44. The molecule has 4 rings (SSSR count). The van der Waals surface area contributed by atoms with Crippen LogP contribution in [0.5, 0.6) is 0 Å². The van der Waals surface area contributed by atoms with Gasteiger partial charge in [0.15, 0.2) is 6.23 Å². The number of aromatic nitrogens is 3. The topological polar surface area (TPSA) is 207 Å². The summed E-state index contributed by atoms with van der Waals surface area (Å²) in [5.74, 6) is 0.230. The maximum absolute atomic E-state index is 11.0. The molecule has 188 valence electrons. The largest absolute Gasteiger partial charge is 0.387 e. The third-order valence-electron chi connectivity index (χ3n) is 5.72. The lowest BCUT2D eigenvalue weighted by atomic mass is 10.1. The zero-order valence-corrected chi connectivity index (χ0v) is 19.9. The molecule has 13 nitrogen and oxygen atoms in total. The van der Waals surface area contributed by atoms with Crippen LogP contribution in [-0.2, 0) is 14.0 Å². The number of aliphatic hydroxyl groups is 2. The average molecular weight is 514 g/mol. The van der Waals surface area contributed by atoms with Crippen LogP contribution in [0, 0.1) is 22.7 Å². The Morgan fingerprint density at radius 1 is 1.17 bits per heavy atom. The van der Waals surface area contributed by atoms with Crippen LogP contribution in [-0.4, -0.2) is 65.8 Å². The number of nitrogens with zero attached hydrogens (tertiary/aromatic N) is 5. The molecule has 1 aliphatic heterocycles. The van der Waals surface area contributed by atoms with Crippen LogP contribution >= 0.6 is 7.60 Å². The molecule has 0 unspecified atom stereocenters. The summed E-state index contributed by atoms with van der Waals surface area (Å²) in [6.45, 7) is 1.53. The monoisotopic (exact) mass is 514 g/mol. The van der Waals surface area contributed by atoms with Gasteiger partial charge in [0.05, 0.1) is 23.6 Å². The highest BCUT2D eigenvalue weighted by Crippen LogP contribution is 2.36. The second-order valence-corrected chi connectivity index (χ2v) is 9.87. The van der Waals surface area contributed by atoms with Crippen molar-refractivity contribution < 1.29 is 34.0 Å². The number of rotatable bonds is 8. The predicted molar refractivity (Wildman–Crippen MR) is 124 cm³/mol. The Morgan fingerprint density at radius 2 is 1.89 bits per heavy atom. The summed E-state index contributed by atoms with van der Waals surface area (Å²) in [7, 11) is -4.40. The Labute approximate surface area is 205 Å². The summed E-state index contributed by atoms with van der Waals surface area (Å²) in [4.78, 5) is 26.4. The number of benzene rings is 1. The van der Waals surface area contributed by atoms with Gasteiger partial charge in [-0.05, 0) is 30.7 Å². The van der Waals surface area contributed by atoms with E-state index in [0.29, 0.717) is 16.8 Å². The summed E-state index contributed by atoms with van der Waals surface area (Å²) in [6.07, 6.45) is -4.24. The number of fused-ring (bicyclic) bond motifs is 1. The van der Waals surface area contributed by atoms with Gasteiger partial charge in [-0.3, -0.25) is 4.57 Å². The second kappa shape index (κ2) is 10.3. The summed E-state index contributed by atoms with van der Waals surface area (Å²) in [5, 5.41) is 43.2. The molecule has 1 fully saturated rings. The molecule has 14 heteroatoms. The van der Waals surface area contributed by atoms with Crippen molar-refractivity contribution in [3.05, 3.63) is 53.5 Å². The van der Waals surface area contributed by atoms with E-state index in [0.717, 1.165) is 5.56 Å². The van der Waals surface area contributed by atoms with Gasteiger partial charge in [-0.2, -0.15) is 10.5 Å². The number of hydrogen-bond acceptors (Lipinski definition) is 10. The van der Waals surface area contributed by atoms with E-state index in [1.807, 2.05) is 25.1 Å². The van der Waals surface area contributed by atoms with Gasteiger partial charge in [-0.1, -0.05) is 12.1 Å². The Kier molecular flexibility index (Phi) is 7.36. The maximum Gasteiger partial charge on any atom is 0.350 e. The van der Waals surface area contributed by atoms with Crippen molar-refractivity contribution in [2.75, 3.05) is 18.3 Å². The molecule has 5 atom stereocenters. The van der Waals surface area contributed by atoms with Gasteiger partial charge >= 0.3 is 7.60 Å². The van der Waals surface area contributed by atoms with Crippen LogP contribution < -0.4 is 5.32 Å².